The largest absolute Gasteiger partial charge is 0.496 e. The number of carbonyl (C=O) groups excluding carboxylic acids is 1. The van der Waals surface area contributed by atoms with Crippen LogP contribution >= 0.6 is 27.5 Å². The van der Waals surface area contributed by atoms with Gasteiger partial charge in [0.1, 0.15) is 5.75 Å². The molecular weight excluding hydrogens is 342 g/mol. The van der Waals surface area contributed by atoms with Crippen molar-refractivity contribution in [3.8, 4) is 5.75 Å². The molecule has 0 aliphatic heterocycles. The number of alkyl halides is 1. The number of nitrogens with one attached hydrogen (secondary N) is 1. The lowest BCUT2D eigenvalue weighted by atomic mass is 9.89. The third-order valence-corrected chi connectivity index (χ3v) is 4.70. The molecule has 1 N–H and O–H groups in total. The molecule has 3 nitrogen and oxygen atoms in total. The van der Waals surface area contributed by atoms with E-state index in [-0.39, 0.29) is 11.3 Å². The highest BCUT2D eigenvalue weighted by Gasteiger charge is 2.20. The maximum atomic E-state index is 12.1. The molecule has 0 heterocycles. The van der Waals surface area contributed by atoms with Crippen molar-refractivity contribution in [3.05, 3.63) is 28.2 Å². The first-order chi connectivity index (χ1) is 9.60. The summed E-state index contributed by atoms with van der Waals surface area (Å²) >= 11 is 9.55. The van der Waals surface area contributed by atoms with Crippen LogP contribution in [0.3, 0.4) is 0 Å². The number of hydrogen-bond donors (Lipinski definition) is 1. The van der Waals surface area contributed by atoms with Crippen molar-refractivity contribution in [1.29, 1.82) is 0 Å². The van der Waals surface area contributed by atoms with E-state index >= 15 is 0 Å². The molecule has 1 fully saturated rings. The molecule has 2 rings (SSSR count). The Labute approximate surface area is 133 Å². The molecule has 1 saturated carbocycles. The number of hydrogen-bond acceptors (Lipinski definition) is 2. The molecule has 2 unspecified atom stereocenters. The van der Waals surface area contributed by atoms with Gasteiger partial charge in [0.05, 0.1) is 11.6 Å². The molecule has 5 heteroatoms. The third kappa shape index (κ3) is 4.13. The van der Waals surface area contributed by atoms with Crippen molar-refractivity contribution in [2.24, 2.45) is 5.92 Å². The number of benzene rings is 1. The second-order valence-corrected chi connectivity index (χ2v) is 6.66. The van der Waals surface area contributed by atoms with Gasteiger partial charge in [0.25, 0.3) is 5.91 Å². The zero-order chi connectivity index (χ0) is 14.5. The summed E-state index contributed by atoms with van der Waals surface area (Å²) in [6, 6.07) is 5.33. The maximum absolute atomic E-state index is 12.1. The monoisotopic (exact) mass is 359 g/mol. The molecule has 1 amide bonds. The second-order valence-electron chi connectivity index (χ2n) is 5.19. The van der Waals surface area contributed by atoms with Crippen LogP contribution in [0.5, 0.6) is 5.75 Å². The molecule has 2 atom stereocenters. The number of rotatable bonds is 4. The summed E-state index contributed by atoms with van der Waals surface area (Å²) in [6.07, 6.45) is 4.39. The van der Waals surface area contributed by atoms with Gasteiger partial charge in [-0.3, -0.25) is 4.79 Å². The fourth-order valence-corrected chi connectivity index (χ4v) is 3.50. The zero-order valence-corrected chi connectivity index (χ0v) is 13.8. The normalized spacial score (nSPS) is 22.4. The lowest BCUT2D eigenvalue weighted by Gasteiger charge is -2.25. The standard InChI is InChI=1S/C15H19BrClNO2/c1-20-14-6-5-11(8-13(14)16)15(19)18-9-10-3-2-4-12(17)7-10/h5-6,8,10,12H,2-4,7,9H2,1H3,(H,18,19). The Hall–Kier alpha value is -0.740. The fourth-order valence-electron chi connectivity index (χ4n) is 2.56. The molecule has 1 aliphatic carbocycles. The predicted octanol–water partition coefficient (Wildman–Crippen LogP) is 3.99. The van der Waals surface area contributed by atoms with E-state index in [1.165, 1.54) is 0 Å². The highest BCUT2D eigenvalue weighted by Crippen LogP contribution is 2.28. The third-order valence-electron chi connectivity index (χ3n) is 3.68. The molecule has 0 spiro atoms. The average molecular weight is 361 g/mol. The Morgan fingerprint density at radius 2 is 2.30 bits per heavy atom. The van der Waals surface area contributed by atoms with Crippen molar-refractivity contribution in [2.75, 3.05) is 13.7 Å². The molecule has 1 aromatic rings. The maximum Gasteiger partial charge on any atom is 0.251 e. The van der Waals surface area contributed by atoms with Crippen LogP contribution in [-0.4, -0.2) is 24.9 Å². The van der Waals surface area contributed by atoms with E-state index in [0.29, 0.717) is 18.0 Å². The number of ether oxygens (including phenoxy) is 1. The van der Waals surface area contributed by atoms with E-state index in [1.54, 1.807) is 25.3 Å². The van der Waals surface area contributed by atoms with E-state index in [2.05, 4.69) is 21.2 Å². The second kappa shape index (κ2) is 7.32. The molecule has 1 aliphatic rings. The van der Waals surface area contributed by atoms with Gasteiger partial charge >= 0.3 is 0 Å². The number of carbonyl (C=O) groups is 1. The van der Waals surface area contributed by atoms with Crippen molar-refractivity contribution in [2.45, 2.75) is 31.1 Å². The Balaban J connectivity index is 1.90. The molecule has 110 valence electrons. The predicted molar refractivity (Wildman–Crippen MR) is 84.6 cm³/mol. The van der Waals surface area contributed by atoms with Gasteiger partial charge in [-0.05, 0) is 59.3 Å². The first-order valence-electron chi connectivity index (χ1n) is 6.86. The van der Waals surface area contributed by atoms with Crippen LogP contribution in [0.15, 0.2) is 22.7 Å². The van der Waals surface area contributed by atoms with Crippen LogP contribution in [0.4, 0.5) is 0 Å². The highest BCUT2D eigenvalue weighted by molar-refractivity contribution is 9.10. The van der Waals surface area contributed by atoms with Crippen molar-refractivity contribution in [3.63, 3.8) is 0 Å². The number of halogens is 2. The minimum absolute atomic E-state index is 0.0509. The van der Waals surface area contributed by atoms with Gasteiger partial charge in [0.2, 0.25) is 0 Å². The first-order valence-corrected chi connectivity index (χ1v) is 8.09. The zero-order valence-electron chi connectivity index (χ0n) is 11.5. The summed E-state index contributed by atoms with van der Waals surface area (Å²) in [5.74, 6) is 1.17. The molecule has 0 bridgehead atoms. The topological polar surface area (TPSA) is 38.3 Å². The summed E-state index contributed by atoms with van der Waals surface area (Å²) in [5.41, 5.74) is 0.635. The smallest absolute Gasteiger partial charge is 0.251 e. The van der Waals surface area contributed by atoms with Gasteiger partial charge in [-0.25, -0.2) is 0 Å². The van der Waals surface area contributed by atoms with Gasteiger partial charge in [-0.15, -0.1) is 11.6 Å². The van der Waals surface area contributed by atoms with Crippen LogP contribution in [-0.2, 0) is 0 Å². The lowest BCUT2D eigenvalue weighted by molar-refractivity contribution is 0.0943. The van der Waals surface area contributed by atoms with Crippen molar-refractivity contribution >= 4 is 33.4 Å². The Bertz CT molecular complexity index is 481. The first kappa shape index (κ1) is 15.6. The van der Waals surface area contributed by atoms with Crippen LogP contribution in [0.2, 0.25) is 0 Å². The minimum atomic E-state index is -0.0509. The molecular formula is C15H19BrClNO2. The summed E-state index contributed by atoms with van der Waals surface area (Å²) < 4.78 is 5.94. The summed E-state index contributed by atoms with van der Waals surface area (Å²) in [6.45, 7) is 0.700. The van der Waals surface area contributed by atoms with E-state index in [9.17, 15) is 4.79 Å². The Kier molecular flexibility index (Phi) is 5.73. The summed E-state index contributed by atoms with van der Waals surface area (Å²) in [5, 5.41) is 3.26. The summed E-state index contributed by atoms with van der Waals surface area (Å²) in [4.78, 5) is 12.1. The van der Waals surface area contributed by atoms with Gasteiger partial charge in [-0.2, -0.15) is 0 Å². The van der Waals surface area contributed by atoms with Gasteiger partial charge in [0, 0.05) is 17.5 Å². The average Bonchev–Trinajstić information content (AvgIpc) is 2.44. The quantitative estimate of drug-likeness (QED) is 0.825. The van der Waals surface area contributed by atoms with Gasteiger partial charge < -0.3 is 10.1 Å². The lowest BCUT2D eigenvalue weighted by Crippen LogP contribution is -2.32. The van der Waals surface area contributed by atoms with Crippen LogP contribution < -0.4 is 10.1 Å². The molecule has 1 aromatic carbocycles. The van der Waals surface area contributed by atoms with Crippen LogP contribution in [0.1, 0.15) is 36.0 Å². The minimum Gasteiger partial charge on any atom is -0.496 e. The Morgan fingerprint density at radius 1 is 1.50 bits per heavy atom. The van der Waals surface area contributed by atoms with Gasteiger partial charge in [0.15, 0.2) is 0 Å². The highest BCUT2D eigenvalue weighted by atomic mass is 79.9. The van der Waals surface area contributed by atoms with Crippen molar-refractivity contribution in [1.82, 2.24) is 5.32 Å². The van der Waals surface area contributed by atoms with Gasteiger partial charge in [-0.1, -0.05) is 6.42 Å². The molecule has 0 radical (unpaired) electrons. The SMILES string of the molecule is COc1ccc(C(=O)NCC2CCCC(Cl)C2)cc1Br. The number of amides is 1. The molecule has 20 heavy (non-hydrogen) atoms. The van der Waals surface area contributed by atoms with E-state index in [1.807, 2.05) is 0 Å². The van der Waals surface area contributed by atoms with E-state index in [4.69, 9.17) is 16.3 Å². The Morgan fingerprint density at radius 3 is 2.95 bits per heavy atom. The fraction of sp³-hybridized carbons (Fsp3) is 0.533. The van der Waals surface area contributed by atoms with E-state index in [0.717, 1.165) is 35.9 Å². The summed E-state index contributed by atoms with van der Waals surface area (Å²) in [7, 11) is 1.60. The van der Waals surface area contributed by atoms with E-state index < -0.39 is 0 Å². The van der Waals surface area contributed by atoms with Crippen LogP contribution in [0.25, 0.3) is 0 Å². The van der Waals surface area contributed by atoms with Crippen LogP contribution in [0, 0.1) is 5.92 Å². The molecule has 0 aromatic heterocycles. The number of methoxy groups -OCH3 is 1. The van der Waals surface area contributed by atoms with Crippen molar-refractivity contribution < 1.29 is 9.53 Å². The molecule has 0 saturated heterocycles.